The lowest BCUT2D eigenvalue weighted by Crippen LogP contribution is -2.51. The summed E-state index contributed by atoms with van der Waals surface area (Å²) >= 11 is 0. The van der Waals surface area contributed by atoms with Gasteiger partial charge in [-0.1, -0.05) is 35.9 Å². The molecule has 6 heteroatoms. The van der Waals surface area contributed by atoms with Gasteiger partial charge >= 0.3 is 6.03 Å². The molecule has 26 heavy (non-hydrogen) atoms. The lowest BCUT2D eigenvalue weighted by Gasteiger charge is -2.34. The van der Waals surface area contributed by atoms with Crippen LogP contribution in [0.25, 0.3) is 0 Å². The summed E-state index contributed by atoms with van der Waals surface area (Å²) in [7, 11) is 1.59. The average molecular weight is 354 g/mol. The van der Waals surface area contributed by atoms with Crippen molar-refractivity contribution in [1.82, 2.24) is 20.1 Å². The Morgan fingerprint density at radius 1 is 1.15 bits per heavy atom. The molecule has 2 amide bonds. The van der Waals surface area contributed by atoms with Crippen LogP contribution in [-0.2, 0) is 13.1 Å². The van der Waals surface area contributed by atoms with Crippen LogP contribution in [0, 0.1) is 6.92 Å². The van der Waals surface area contributed by atoms with E-state index in [1.54, 1.807) is 19.4 Å². The van der Waals surface area contributed by atoms with Crippen molar-refractivity contribution >= 4 is 6.03 Å². The summed E-state index contributed by atoms with van der Waals surface area (Å²) < 4.78 is 5.04. The molecule has 0 radical (unpaired) electrons. The second kappa shape index (κ2) is 8.67. The lowest BCUT2D eigenvalue weighted by atomic mass is 10.1. The maximum Gasteiger partial charge on any atom is 0.317 e. The minimum Gasteiger partial charge on any atom is -0.481 e. The van der Waals surface area contributed by atoms with Gasteiger partial charge in [0.1, 0.15) is 0 Å². The number of ether oxygens (including phenoxy) is 1. The number of aromatic nitrogens is 1. The molecule has 0 unspecified atom stereocenters. The van der Waals surface area contributed by atoms with Crippen molar-refractivity contribution in [3.8, 4) is 5.88 Å². The van der Waals surface area contributed by atoms with Crippen molar-refractivity contribution in [2.75, 3.05) is 33.3 Å². The smallest absolute Gasteiger partial charge is 0.317 e. The first-order valence-corrected chi connectivity index (χ1v) is 8.93. The molecular weight excluding hydrogens is 328 g/mol. The predicted molar refractivity (Wildman–Crippen MR) is 101 cm³/mol. The van der Waals surface area contributed by atoms with E-state index in [0.717, 1.165) is 38.3 Å². The summed E-state index contributed by atoms with van der Waals surface area (Å²) in [5.41, 5.74) is 3.57. The number of nitrogens with one attached hydrogen (secondary N) is 1. The number of benzene rings is 1. The van der Waals surface area contributed by atoms with Gasteiger partial charge in [0.05, 0.1) is 7.11 Å². The third-order valence-corrected chi connectivity index (χ3v) is 4.60. The molecule has 3 rings (SSSR count). The van der Waals surface area contributed by atoms with E-state index >= 15 is 0 Å². The molecule has 0 bridgehead atoms. The van der Waals surface area contributed by atoms with Crippen LogP contribution in [0.3, 0.4) is 0 Å². The quantitative estimate of drug-likeness (QED) is 0.896. The minimum atomic E-state index is -0.0176. The van der Waals surface area contributed by atoms with Gasteiger partial charge in [0.2, 0.25) is 5.88 Å². The van der Waals surface area contributed by atoms with E-state index in [4.69, 9.17) is 4.74 Å². The van der Waals surface area contributed by atoms with E-state index < -0.39 is 0 Å². The number of aryl methyl sites for hydroxylation is 1. The van der Waals surface area contributed by atoms with Gasteiger partial charge in [-0.05, 0) is 18.1 Å². The molecule has 138 valence electrons. The summed E-state index contributed by atoms with van der Waals surface area (Å²) in [6, 6.07) is 12.3. The number of hydrogen-bond donors (Lipinski definition) is 1. The van der Waals surface area contributed by atoms with Crippen molar-refractivity contribution in [1.29, 1.82) is 0 Å². The van der Waals surface area contributed by atoms with E-state index in [0.29, 0.717) is 12.4 Å². The fourth-order valence-electron chi connectivity index (χ4n) is 3.10. The Hall–Kier alpha value is -2.60. The Morgan fingerprint density at radius 2 is 1.96 bits per heavy atom. The van der Waals surface area contributed by atoms with Crippen molar-refractivity contribution in [3.63, 3.8) is 0 Å². The van der Waals surface area contributed by atoms with Gasteiger partial charge in [0.25, 0.3) is 0 Å². The topological polar surface area (TPSA) is 57.7 Å². The number of piperazine rings is 1. The van der Waals surface area contributed by atoms with Crippen molar-refractivity contribution in [2.45, 2.75) is 20.0 Å². The zero-order chi connectivity index (χ0) is 18.4. The van der Waals surface area contributed by atoms with Gasteiger partial charge < -0.3 is 15.0 Å². The van der Waals surface area contributed by atoms with Crippen LogP contribution in [0.5, 0.6) is 5.88 Å². The zero-order valence-corrected chi connectivity index (χ0v) is 15.4. The van der Waals surface area contributed by atoms with Gasteiger partial charge in [-0.15, -0.1) is 0 Å². The number of hydrogen-bond acceptors (Lipinski definition) is 4. The van der Waals surface area contributed by atoms with E-state index in [2.05, 4.69) is 46.4 Å². The lowest BCUT2D eigenvalue weighted by molar-refractivity contribution is 0.135. The maximum absolute atomic E-state index is 12.4. The Bertz CT molecular complexity index is 725. The molecule has 2 heterocycles. The number of amides is 2. The first-order chi connectivity index (χ1) is 12.6. The molecule has 1 aliphatic rings. The number of pyridine rings is 1. The van der Waals surface area contributed by atoms with Crippen molar-refractivity contribution < 1.29 is 9.53 Å². The normalized spacial score (nSPS) is 14.9. The van der Waals surface area contributed by atoms with Gasteiger partial charge in [0.15, 0.2) is 0 Å². The molecule has 1 N–H and O–H groups in total. The Morgan fingerprint density at radius 3 is 2.62 bits per heavy atom. The minimum absolute atomic E-state index is 0.0176. The number of carbonyl (C=O) groups is 1. The third-order valence-electron chi connectivity index (χ3n) is 4.60. The first-order valence-electron chi connectivity index (χ1n) is 8.93. The van der Waals surface area contributed by atoms with E-state index in [-0.39, 0.29) is 6.03 Å². The number of urea groups is 1. The van der Waals surface area contributed by atoms with Crippen molar-refractivity contribution in [2.24, 2.45) is 0 Å². The molecule has 0 aliphatic carbocycles. The summed E-state index contributed by atoms with van der Waals surface area (Å²) in [6.07, 6.45) is 1.72. The fraction of sp³-hybridized carbons (Fsp3) is 0.400. The summed E-state index contributed by atoms with van der Waals surface area (Å²) in [5.74, 6) is 0.574. The van der Waals surface area contributed by atoms with Crippen molar-refractivity contribution in [3.05, 3.63) is 59.3 Å². The molecule has 0 atom stereocenters. The SMILES string of the molecule is COc1ccc(CNC(=O)N2CCN(Cc3cccc(C)c3)CC2)cn1. The largest absolute Gasteiger partial charge is 0.481 e. The van der Waals surface area contributed by atoms with E-state index in [1.807, 2.05) is 11.0 Å². The second-order valence-corrected chi connectivity index (χ2v) is 6.62. The zero-order valence-electron chi connectivity index (χ0n) is 15.4. The van der Waals surface area contributed by atoms with Crippen LogP contribution < -0.4 is 10.1 Å². The molecule has 6 nitrogen and oxygen atoms in total. The Kier molecular flexibility index (Phi) is 6.07. The highest BCUT2D eigenvalue weighted by Crippen LogP contribution is 2.11. The number of nitrogens with zero attached hydrogens (tertiary/aromatic N) is 3. The van der Waals surface area contributed by atoms with Crippen LogP contribution in [0.1, 0.15) is 16.7 Å². The molecular formula is C20H26N4O2. The highest BCUT2D eigenvalue weighted by molar-refractivity contribution is 5.74. The van der Waals surface area contributed by atoms with Gasteiger partial charge in [-0.25, -0.2) is 9.78 Å². The van der Waals surface area contributed by atoms with Gasteiger partial charge in [0, 0.05) is 51.5 Å². The highest BCUT2D eigenvalue weighted by atomic mass is 16.5. The summed E-state index contributed by atoms with van der Waals surface area (Å²) in [5, 5.41) is 2.97. The van der Waals surface area contributed by atoms with Crippen LogP contribution in [0.2, 0.25) is 0 Å². The van der Waals surface area contributed by atoms with Gasteiger partial charge in [-0.3, -0.25) is 4.90 Å². The predicted octanol–water partition coefficient (Wildman–Crippen LogP) is 2.43. The molecule has 0 saturated carbocycles. The first kappa shape index (κ1) is 18.2. The molecule has 1 saturated heterocycles. The highest BCUT2D eigenvalue weighted by Gasteiger charge is 2.20. The third kappa shape index (κ3) is 4.95. The molecule has 0 spiro atoms. The summed E-state index contributed by atoms with van der Waals surface area (Å²) in [6.45, 7) is 6.81. The molecule has 1 aromatic carbocycles. The monoisotopic (exact) mass is 354 g/mol. The van der Waals surface area contributed by atoms with Crippen LogP contribution in [0.15, 0.2) is 42.6 Å². The molecule has 1 aliphatic heterocycles. The number of carbonyl (C=O) groups excluding carboxylic acids is 1. The Balaban J connectivity index is 1.42. The maximum atomic E-state index is 12.4. The molecule has 1 aromatic heterocycles. The number of rotatable bonds is 5. The fourth-order valence-corrected chi connectivity index (χ4v) is 3.10. The second-order valence-electron chi connectivity index (χ2n) is 6.62. The number of methoxy groups -OCH3 is 1. The Labute approximate surface area is 154 Å². The summed E-state index contributed by atoms with van der Waals surface area (Å²) in [4.78, 5) is 20.8. The molecule has 2 aromatic rings. The average Bonchev–Trinajstić information content (AvgIpc) is 2.67. The van der Waals surface area contributed by atoms with E-state index in [1.165, 1.54) is 11.1 Å². The van der Waals surface area contributed by atoms with Crippen LogP contribution in [0.4, 0.5) is 4.79 Å². The van der Waals surface area contributed by atoms with Crippen LogP contribution >= 0.6 is 0 Å². The standard InChI is InChI=1S/C20H26N4O2/c1-16-4-3-5-17(12-16)15-23-8-10-24(11-9-23)20(25)22-14-18-6-7-19(26-2)21-13-18/h3-7,12-13H,8-11,14-15H2,1-2H3,(H,22,25). The van der Waals surface area contributed by atoms with Crippen LogP contribution in [-0.4, -0.2) is 54.1 Å². The van der Waals surface area contributed by atoms with Gasteiger partial charge in [-0.2, -0.15) is 0 Å². The molecule has 1 fully saturated rings. The van der Waals surface area contributed by atoms with E-state index in [9.17, 15) is 4.79 Å².